The van der Waals surface area contributed by atoms with Crippen LogP contribution in [-0.2, 0) is 4.79 Å². The Kier molecular flexibility index (Phi) is 19.3. The van der Waals surface area contributed by atoms with Gasteiger partial charge >= 0.3 is 0 Å². The molecule has 0 bridgehead atoms. The van der Waals surface area contributed by atoms with Gasteiger partial charge < -0.3 is 10.4 Å². The topological polar surface area (TPSA) is 49.3 Å². The van der Waals surface area contributed by atoms with Crippen molar-refractivity contribution in [2.45, 2.75) is 129 Å². The summed E-state index contributed by atoms with van der Waals surface area (Å²) in [6.07, 6.45) is 21.2. The molecule has 0 spiro atoms. The highest BCUT2D eigenvalue weighted by molar-refractivity contribution is 5.75. The molecule has 0 heterocycles. The van der Waals surface area contributed by atoms with Crippen LogP contribution in [0.15, 0.2) is 0 Å². The van der Waals surface area contributed by atoms with Crippen molar-refractivity contribution in [3.63, 3.8) is 0 Å². The molecule has 0 radical (unpaired) electrons. The lowest BCUT2D eigenvalue weighted by atomic mass is 10.0. The third-order valence-corrected chi connectivity index (χ3v) is 4.89. The van der Waals surface area contributed by atoms with E-state index >= 15 is 0 Å². The van der Waals surface area contributed by atoms with E-state index in [0.717, 1.165) is 6.42 Å². The molecule has 25 heavy (non-hydrogen) atoms. The average Bonchev–Trinajstić information content (AvgIpc) is 2.58. The van der Waals surface area contributed by atoms with Crippen molar-refractivity contribution in [2.75, 3.05) is 6.54 Å². The van der Waals surface area contributed by atoms with Crippen LogP contribution in [0, 0.1) is 0 Å². The van der Waals surface area contributed by atoms with Gasteiger partial charge in [0.25, 0.3) is 0 Å². The van der Waals surface area contributed by atoms with Crippen molar-refractivity contribution < 1.29 is 9.90 Å². The summed E-state index contributed by atoms with van der Waals surface area (Å²) < 4.78 is 0. The molecule has 1 unspecified atom stereocenters. The van der Waals surface area contributed by atoms with Gasteiger partial charge in [0.05, 0.1) is 6.10 Å². The number of aliphatic hydroxyl groups excluding tert-OH is 1. The molecule has 0 aromatic heterocycles. The third kappa shape index (κ3) is 21.4. The number of aliphatic hydroxyl groups is 1. The zero-order chi connectivity index (χ0) is 18.6. The first-order valence-corrected chi connectivity index (χ1v) is 11.1. The maximum atomic E-state index is 11.6. The van der Waals surface area contributed by atoms with Gasteiger partial charge in [0.1, 0.15) is 0 Å². The maximum Gasteiger partial charge on any atom is 0.219 e. The molecular weight excluding hydrogens is 310 g/mol. The summed E-state index contributed by atoms with van der Waals surface area (Å²) >= 11 is 0. The van der Waals surface area contributed by atoms with Crippen LogP contribution in [0.1, 0.15) is 123 Å². The molecular formula is C22H45NO2. The molecule has 2 N–H and O–H groups in total. The minimum absolute atomic E-state index is 0.135. The summed E-state index contributed by atoms with van der Waals surface area (Å²) in [7, 11) is 0. The van der Waals surface area contributed by atoms with E-state index in [4.69, 9.17) is 5.11 Å². The summed E-state index contributed by atoms with van der Waals surface area (Å²) in [6, 6.07) is 0. The number of hydrogen-bond donors (Lipinski definition) is 2. The van der Waals surface area contributed by atoms with Crippen LogP contribution in [0.5, 0.6) is 0 Å². The number of carbonyl (C=O) groups excluding carboxylic acids is 1. The minimum Gasteiger partial charge on any atom is -0.393 e. The Morgan fingerprint density at radius 3 is 1.56 bits per heavy atom. The lowest BCUT2D eigenvalue weighted by Gasteiger charge is -2.06. The first kappa shape index (κ1) is 24.4. The second-order valence-electron chi connectivity index (χ2n) is 7.69. The van der Waals surface area contributed by atoms with Crippen LogP contribution in [0.4, 0.5) is 0 Å². The Bertz CT molecular complexity index is 279. The fourth-order valence-corrected chi connectivity index (χ4v) is 3.17. The molecule has 0 saturated heterocycles. The Hall–Kier alpha value is -0.570. The monoisotopic (exact) mass is 355 g/mol. The highest BCUT2D eigenvalue weighted by Crippen LogP contribution is 2.13. The molecule has 150 valence electrons. The molecule has 0 aliphatic heterocycles. The van der Waals surface area contributed by atoms with Gasteiger partial charge in [0.2, 0.25) is 5.91 Å². The standard InChI is InChI=1S/C22H45NO2/c1-3-4-5-6-7-8-9-10-11-12-13-14-15-16-17-18-22(25)23-20-19-21(2)24/h21,24H,3-20H2,1-2H3,(H,23,25). The summed E-state index contributed by atoms with van der Waals surface area (Å²) in [4.78, 5) is 11.6. The molecule has 0 aliphatic carbocycles. The van der Waals surface area contributed by atoms with Gasteiger partial charge in [-0.05, 0) is 19.8 Å². The first-order chi connectivity index (χ1) is 12.2. The van der Waals surface area contributed by atoms with Gasteiger partial charge in [0, 0.05) is 13.0 Å². The van der Waals surface area contributed by atoms with Crippen LogP contribution in [0.2, 0.25) is 0 Å². The first-order valence-electron chi connectivity index (χ1n) is 11.1. The highest BCUT2D eigenvalue weighted by atomic mass is 16.3. The molecule has 3 nitrogen and oxygen atoms in total. The maximum absolute atomic E-state index is 11.6. The van der Waals surface area contributed by atoms with Gasteiger partial charge in [-0.3, -0.25) is 4.79 Å². The van der Waals surface area contributed by atoms with Gasteiger partial charge in [-0.1, -0.05) is 96.8 Å². The van der Waals surface area contributed by atoms with Crippen molar-refractivity contribution in [1.29, 1.82) is 0 Å². The number of hydrogen-bond acceptors (Lipinski definition) is 2. The molecule has 1 atom stereocenters. The van der Waals surface area contributed by atoms with Gasteiger partial charge in [0.15, 0.2) is 0 Å². The van der Waals surface area contributed by atoms with E-state index in [9.17, 15) is 4.79 Å². The Labute approximate surface area is 157 Å². The second kappa shape index (κ2) is 19.8. The Balaban J connectivity index is 3.10. The Morgan fingerprint density at radius 1 is 0.760 bits per heavy atom. The third-order valence-electron chi connectivity index (χ3n) is 4.89. The van der Waals surface area contributed by atoms with E-state index < -0.39 is 0 Å². The molecule has 0 saturated carbocycles. The van der Waals surface area contributed by atoms with E-state index in [2.05, 4.69) is 12.2 Å². The van der Waals surface area contributed by atoms with Crippen LogP contribution in [0.25, 0.3) is 0 Å². The predicted molar refractivity (Wildman–Crippen MR) is 109 cm³/mol. The van der Waals surface area contributed by atoms with Crippen molar-refractivity contribution in [3.8, 4) is 0 Å². The SMILES string of the molecule is CCCCCCCCCCCCCCCCCC(=O)NCCC(C)O. The number of carbonyl (C=O) groups is 1. The molecule has 1 amide bonds. The van der Waals surface area contributed by atoms with Crippen molar-refractivity contribution >= 4 is 5.91 Å². The number of amides is 1. The quantitative estimate of drug-likeness (QED) is 0.274. The van der Waals surface area contributed by atoms with E-state index in [1.807, 2.05) is 0 Å². The summed E-state index contributed by atoms with van der Waals surface area (Å²) in [5.74, 6) is 0.135. The fraction of sp³-hybridized carbons (Fsp3) is 0.955. The lowest BCUT2D eigenvalue weighted by molar-refractivity contribution is -0.121. The lowest BCUT2D eigenvalue weighted by Crippen LogP contribution is -2.26. The summed E-state index contributed by atoms with van der Waals surface area (Å²) in [5.41, 5.74) is 0. The molecule has 0 aromatic rings. The molecule has 0 aromatic carbocycles. The molecule has 3 heteroatoms. The summed E-state index contributed by atoms with van der Waals surface area (Å²) in [6.45, 7) is 4.62. The molecule has 0 fully saturated rings. The van der Waals surface area contributed by atoms with Gasteiger partial charge in [-0.25, -0.2) is 0 Å². The van der Waals surface area contributed by atoms with Crippen LogP contribution < -0.4 is 5.32 Å². The average molecular weight is 356 g/mol. The Morgan fingerprint density at radius 2 is 1.16 bits per heavy atom. The second-order valence-corrected chi connectivity index (χ2v) is 7.69. The number of unbranched alkanes of at least 4 members (excludes halogenated alkanes) is 14. The van der Waals surface area contributed by atoms with E-state index in [1.165, 1.54) is 89.9 Å². The van der Waals surface area contributed by atoms with Crippen molar-refractivity contribution in [3.05, 3.63) is 0 Å². The molecule has 0 rings (SSSR count). The highest BCUT2D eigenvalue weighted by Gasteiger charge is 2.02. The minimum atomic E-state index is -0.328. The normalized spacial score (nSPS) is 12.3. The smallest absolute Gasteiger partial charge is 0.219 e. The van der Waals surface area contributed by atoms with E-state index in [0.29, 0.717) is 19.4 Å². The largest absolute Gasteiger partial charge is 0.393 e. The summed E-state index contributed by atoms with van der Waals surface area (Å²) in [5, 5.41) is 12.0. The van der Waals surface area contributed by atoms with Crippen molar-refractivity contribution in [1.82, 2.24) is 5.32 Å². The number of rotatable bonds is 19. The van der Waals surface area contributed by atoms with Crippen molar-refractivity contribution in [2.24, 2.45) is 0 Å². The van der Waals surface area contributed by atoms with Crippen LogP contribution in [-0.4, -0.2) is 23.7 Å². The number of nitrogens with one attached hydrogen (secondary N) is 1. The fourth-order valence-electron chi connectivity index (χ4n) is 3.17. The van der Waals surface area contributed by atoms with Gasteiger partial charge in [-0.2, -0.15) is 0 Å². The van der Waals surface area contributed by atoms with Gasteiger partial charge in [-0.15, -0.1) is 0 Å². The van der Waals surface area contributed by atoms with Crippen LogP contribution in [0.3, 0.4) is 0 Å². The zero-order valence-electron chi connectivity index (χ0n) is 17.2. The van der Waals surface area contributed by atoms with E-state index in [1.54, 1.807) is 6.92 Å². The van der Waals surface area contributed by atoms with E-state index in [-0.39, 0.29) is 12.0 Å². The zero-order valence-corrected chi connectivity index (χ0v) is 17.2. The molecule has 0 aliphatic rings. The van der Waals surface area contributed by atoms with Crippen LogP contribution >= 0.6 is 0 Å². The predicted octanol–water partition coefficient (Wildman–Crippen LogP) is 6.14.